The summed E-state index contributed by atoms with van der Waals surface area (Å²) in [5, 5.41) is 8.62. The summed E-state index contributed by atoms with van der Waals surface area (Å²) in [6.07, 6.45) is 6.35. The summed E-state index contributed by atoms with van der Waals surface area (Å²) in [5.74, 6) is 0.823. The van der Waals surface area contributed by atoms with E-state index in [-0.39, 0.29) is 0 Å². The molecule has 2 aliphatic carbocycles. The smallest absolute Gasteiger partial charge is 0.0946 e. The lowest BCUT2D eigenvalue weighted by molar-refractivity contribution is 0.405. The van der Waals surface area contributed by atoms with Gasteiger partial charge < -0.3 is 0 Å². The van der Waals surface area contributed by atoms with E-state index in [9.17, 15) is 0 Å². The standard InChI is InChI=1S/C9H11N/c10-6-8-5-7-3-1-2-4-9(7)8/h7H,1-5H2. The van der Waals surface area contributed by atoms with Gasteiger partial charge in [-0.15, -0.1) is 0 Å². The molecule has 0 aliphatic heterocycles. The quantitative estimate of drug-likeness (QED) is 0.497. The second-order valence-corrected chi connectivity index (χ2v) is 3.26. The molecule has 1 nitrogen and oxygen atoms in total. The Morgan fingerprint density at radius 2 is 2.30 bits per heavy atom. The van der Waals surface area contributed by atoms with Gasteiger partial charge in [-0.05, 0) is 31.6 Å². The summed E-state index contributed by atoms with van der Waals surface area (Å²) in [4.78, 5) is 0. The van der Waals surface area contributed by atoms with Crippen molar-refractivity contribution in [2.24, 2.45) is 5.92 Å². The van der Waals surface area contributed by atoms with Gasteiger partial charge >= 0.3 is 0 Å². The van der Waals surface area contributed by atoms with E-state index in [0.29, 0.717) is 0 Å². The zero-order valence-electron chi connectivity index (χ0n) is 6.06. The van der Waals surface area contributed by atoms with Crippen LogP contribution in [-0.4, -0.2) is 0 Å². The predicted molar refractivity (Wildman–Crippen MR) is 39.2 cm³/mol. The number of nitrogens with zero attached hydrogens (tertiary/aromatic N) is 1. The van der Waals surface area contributed by atoms with Crippen LogP contribution in [0.15, 0.2) is 11.1 Å². The largest absolute Gasteiger partial charge is 0.193 e. The van der Waals surface area contributed by atoms with Crippen molar-refractivity contribution in [3.8, 4) is 6.07 Å². The molecule has 1 atom stereocenters. The van der Waals surface area contributed by atoms with Crippen LogP contribution in [0.3, 0.4) is 0 Å². The molecule has 0 spiro atoms. The van der Waals surface area contributed by atoms with Crippen LogP contribution in [0.2, 0.25) is 0 Å². The van der Waals surface area contributed by atoms with Gasteiger partial charge in [-0.3, -0.25) is 0 Å². The summed E-state index contributed by atoms with van der Waals surface area (Å²) >= 11 is 0. The van der Waals surface area contributed by atoms with E-state index in [1.54, 1.807) is 0 Å². The SMILES string of the molecule is N#CC1=C2CCCCC2C1. The molecule has 0 heterocycles. The average molecular weight is 133 g/mol. The van der Waals surface area contributed by atoms with Crippen molar-refractivity contribution in [2.75, 3.05) is 0 Å². The number of hydrogen-bond acceptors (Lipinski definition) is 1. The highest BCUT2D eigenvalue weighted by Crippen LogP contribution is 2.43. The molecular weight excluding hydrogens is 122 g/mol. The highest BCUT2D eigenvalue weighted by molar-refractivity contribution is 5.39. The molecule has 1 heteroatoms. The number of hydrogen-bond donors (Lipinski definition) is 0. The number of nitriles is 1. The Balaban J connectivity index is 2.19. The summed E-state index contributed by atoms with van der Waals surface area (Å²) < 4.78 is 0. The van der Waals surface area contributed by atoms with Gasteiger partial charge in [0.2, 0.25) is 0 Å². The van der Waals surface area contributed by atoms with Gasteiger partial charge in [0.15, 0.2) is 0 Å². The van der Waals surface area contributed by atoms with E-state index in [1.165, 1.54) is 31.3 Å². The minimum absolute atomic E-state index is 0.823. The molecule has 52 valence electrons. The first-order chi connectivity index (χ1) is 4.92. The molecule has 1 saturated carbocycles. The molecule has 0 aromatic heterocycles. The van der Waals surface area contributed by atoms with Gasteiger partial charge in [-0.2, -0.15) is 5.26 Å². The van der Waals surface area contributed by atoms with Gasteiger partial charge in [-0.1, -0.05) is 12.0 Å². The highest BCUT2D eigenvalue weighted by Gasteiger charge is 2.30. The van der Waals surface area contributed by atoms with Crippen LogP contribution < -0.4 is 0 Å². The molecule has 1 unspecified atom stereocenters. The van der Waals surface area contributed by atoms with Gasteiger partial charge in [0.05, 0.1) is 6.07 Å². The topological polar surface area (TPSA) is 23.8 Å². The fourth-order valence-corrected chi connectivity index (χ4v) is 2.07. The molecule has 10 heavy (non-hydrogen) atoms. The van der Waals surface area contributed by atoms with E-state index < -0.39 is 0 Å². The van der Waals surface area contributed by atoms with Crippen molar-refractivity contribution >= 4 is 0 Å². The summed E-state index contributed by atoms with van der Waals surface area (Å²) in [7, 11) is 0. The molecule has 2 rings (SSSR count). The first-order valence-electron chi connectivity index (χ1n) is 4.04. The van der Waals surface area contributed by atoms with Crippen LogP contribution in [0.25, 0.3) is 0 Å². The molecule has 0 aromatic rings. The summed E-state index contributed by atoms with van der Waals surface area (Å²) in [6.45, 7) is 0. The van der Waals surface area contributed by atoms with Gasteiger partial charge in [0.1, 0.15) is 0 Å². The van der Waals surface area contributed by atoms with Crippen molar-refractivity contribution in [3.05, 3.63) is 11.1 Å². The third-order valence-electron chi connectivity index (χ3n) is 2.71. The predicted octanol–water partition coefficient (Wildman–Crippen LogP) is 2.40. The molecule has 0 N–H and O–H groups in total. The fourth-order valence-electron chi connectivity index (χ4n) is 2.07. The lowest BCUT2D eigenvalue weighted by Crippen LogP contribution is -2.21. The average Bonchev–Trinajstić information content (AvgIpc) is 1.92. The van der Waals surface area contributed by atoms with Crippen LogP contribution in [0, 0.1) is 17.2 Å². The van der Waals surface area contributed by atoms with E-state index >= 15 is 0 Å². The third kappa shape index (κ3) is 0.686. The van der Waals surface area contributed by atoms with Crippen molar-refractivity contribution in [3.63, 3.8) is 0 Å². The minimum Gasteiger partial charge on any atom is -0.193 e. The van der Waals surface area contributed by atoms with Gasteiger partial charge in [0, 0.05) is 5.57 Å². The van der Waals surface area contributed by atoms with E-state index in [2.05, 4.69) is 6.07 Å². The molecule has 2 aliphatic rings. The molecule has 0 saturated heterocycles. The van der Waals surface area contributed by atoms with Crippen molar-refractivity contribution in [2.45, 2.75) is 32.1 Å². The van der Waals surface area contributed by atoms with Crippen LogP contribution in [0.4, 0.5) is 0 Å². The molecule has 0 bridgehead atoms. The number of allylic oxidation sites excluding steroid dienone is 2. The maximum absolute atomic E-state index is 8.62. The third-order valence-corrected chi connectivity index (χ3v) is 2.71. The van der Waals surface area contributed by atoms with Gasteiger partial charge in [-0.25, -0.2) is 0 Å². The van der Waals surface area contributed by atoms with Crippen LogP contribution in [-0.2, 0) is 0 Å². The second-order valence-electron chi connectivity index (χ2n) is 3.26. The Bertz CT molecular complexity index is 219. The first kappa shape index (κ1) is 5.97. The lowest BCUT2D eigenvalue weighted by Gasteiger charge is -2.34. The van der Waals surface area contributed by atoms with Crippen molar-refractivity contribution < 1.29 is 0 Å². The van der Waals surface area contributed by atoms with E-state index in [4.69, 9.17) is 5.26 Å². The highest BCUT2D eigenvalue weighted by atomic mass is 14.4. The zero-order valence-corrected chi connectivity index (χ0v) is 6.06. The Morgan fingerprint density at radius 3 is 3.00 bits per heavy atom. The lowest BCUT2D eigenvalue weighted by atomic mass is 9.70. The molecule has 0 radical (unpaired) electrons. The minimum atomic E-state index is 0.823. The summed E-state index contributed by atoms with van der Waals surface area (Å²) in [6, 6.07) is 2.28. The Morgan fingerprint density at radius 1 is 1.40 bits per heavy atom. The monoisotopic (exact) mass is 133 g/mol. The van der Waals surface area contributed by atoms with Crippen LogP contribution >= 0.6 is 0 Å². The van der Waals surface area contributed by atoms with Crippen LogP contribution in [0.1, 0.15) is 32.1 Å². The van der Waals surface area contributed by atoms with Crippen molar-refractivity contribution in [1.29, 1.82) is 5.26 Å². The van der Waals surface area contributed by atoms with E-state index in [0.717, 1.165) is 17.9 Å². The Kier molecular flexibility index (Phi) is 1.27. The Labute approximate surface area is 61.4 Å². The fraction of sp³-hybridized carbons (Fsp3) is 0.667. The molecular formula is C9H11N. The van der Waals surface area contributed by atoms with Gasteiger partial charge in [0.25, 0.3) is 0 Å². The molecule has 1 fully saturated rings. The number of fused-ring (bicyclic) bond motifs is 1. The second kappa shape index (κ2) is 2.12. The van der Waals surface area contributed by atoms with Crippen molar-refractivity contribution in [1.82, 2.24) is 0 Å². The number of rotatable bonds is 0. The molecule has 0 amide bonds. The van der Waals surface area contributed by atoms with E-state index in [1.807, 2.05) is 0 Å². The maximum atomic E-state index is 8.62. The zero-order chi connectivity index (χ0) is 6.97. The first-order valence-corrected chi connectivity index (χ1v) is 4.04. The molecule has 0 aromatic carbocycles. The maximum Gasteiger partial charge on any atom is 0.0946 e. The van der Waals surface area contributed by atoms with Crippen LogP contribution in [0.5, 0.6) is 0 Å². The normalized spacial score (nSPS) is 30.5. The summed E-state index contributed by atoms with van der Waals surface area (Å²) in [5.41, 5.74) is 2.60. The Hall–Kier alpha value is -0.770.